The Kier molecular flexibility index (Phi) is 4.57. The minimum atomic E-state index is -0.278. The average molecular weight is 371 g/mol. The number of nitrogens with one attached hydrogen (secondary N) is 1. The molecule has 0 bridgehead atoms. The van der Waals surface area contributed by atoms with Crippen molar-refractivity contribution >= 4 is 17.7 Å². The predicted octanol–water partition coefficient (Wildman–Crippen LogP) is 0.362. The summed E-state index contributed by atoms with van der Waals surface area (Å²) in [6, 6.07) is 7.19. The number of ether oxygens (including phenoxy) is 2. The third-order valence-electron chi connectivity index (χ3n) is 4.77. The van der Waals surface area contributed by atoms with Crippen molar-refractivity contribution in [2.75, 3.05) is 43.6 Å². The van der Waals surface area contributed by atoms with Crippen molar-refractivity contribution in [1.82, 2.24) is 14.9 Å². The summed E-state index contributed by atoms with van der Waals surface area (Å²) in [5.74, 6) is 2.24. The SMILES string of the molecule is Nc1nc(N2CCN(C(=O)CCc3ccc4c(c3)OCO4)CC2)cc(=O)[nH]1. The molecule has 1 saturated heterocycles. The fourth-order valence-electron chi connectivity index (χ4n) is 3.32. The zero-order valence-corrected chi connectivity index (χ0v) is 14.8. The standard InChI is InChI=1S/C18H21N5O4/c19-18-20-15(10-16(24)21-18)22-5-7-23(8-6-22)17(25)4-2-12-1-3-13-14(9-12)27-11-26-13/h1,3,9-10H,2,4-8,11H2,(H3,19,20,21,24). The van der Waals surface area contributed by atoms with E-state index in [0.717, 1.165) is 17.1 Å². The van der Waals surface area contributed by atoms with Crippen LogP contribution in [0.4, 0.5) is 11.8 Å². The number of nitrogens with zero attached hydrogens (tertiary/aromatic N) is 3. The van der Waals surface area contributed by atoms with E-state index in [-0.39, 0.29) is 24.2 Å². The Bertz CT molecular complexity index is 905. The normalized spacial score (nSPS) is 15.9. The molecule has 3 heterocycles. The third kappa shape index (κ3) is 3.81. The molecule has 3 N–H and O–H groups in total. The zero-order valence-electron chi connectivity index (χ0n) is 14.8. The fourth-order valence-corrected chi connectivity index (χ4v) is 3.32. The molecule has 2 aromatic rings. The van der Waals surface area contributed by atoms with Gasteiger partial charge in [-0.05, 0) is 24.1 Å². The highest BCUT2D eigenvalue weighted by Gasteiger charge is 2.22. The molecule has 0 saturated carbocycles. The van der Waals surface area contributed by atoms with Crippen LogP contribution in [-0.4, -0.2) is 53.7 Å². The average Bonchev–Trinajstić information content (AvgIpc) is 3.13. The molecule has 27 heavy (non-hydrogen) atoms. The van der Waals surface area contributed by atoms with Gasteiger partial charge in [-0.1, -0.05) is 6.07 Å². The van der Waals surface area contributed by atoms with E-state index in [2.05, 4.69) is 9.97 Å². The van der Waals surface area contributed by atoms with E-state index in [4.69, 9.17) is 15.2 Å². The van der Waals surface area contributed by atoms with Crippen molar-refractivity contribution in [3.8, 4) is 11.5 Å². The molecule has 1 fully saturated rings. The number of amides is 1. The number of carbonyl (C=O) groups is 1. The van der Waals surface area contributed by atoms with Crippen molar-refractivity contribution in [3.05, 3.63) is 40.2 Å². The number of hydrogen-bond donors (Lipinski definition) is 2. The number of carbonyl (C=O) groups excluding carboxylic acids is 1. The van der Waals surface area contributed by atoms with Crippen molar-refractivity contribution in [3.63, 3.8) is 0 Å². The van der Waals surface area contributed by atoms with Crippen molar-refractivity contribution in [2.24, 2.45) is 0 Å². The first-order valence-corrected chi connectivity index (χ1v) is 8.86. The molecule has 1 aromatic carbocycles. The van der Waals surface area contributed by atoms with Crippen LogP contribution in [0, 0.1) is 0 Å². The molecule has 142 valence electrons. The van der Waals surface area contributed by atoms with Crippen molar-refractivity contribution in [2.45, 2.75) is 12.8 Å². The van der Waals surface area contributed by atoms with E-state index >= 15 is 0 Å². The molecule has 0 spiro atoms. The van der Waals surface area contributed by atoms with Gasteiger partial charge in [0.05, 0.1) is 0 Å². The lowest BCUT2D eigenvalue weighted by atomic mass is 10.1. The van der Waals surface area contributed by atoms with Crippen LogP contribution in [0.15, 0.2) is 29.1 Å². The minimum Gasteiger partial charge on any atom is -0.454 e. The van der Waals surface area contributed by atoms with Crippen LogP contribution >= 0.6 is 0 Å². The Labute approximate surface area is 155 Å². The van der Waals surface area contributed by atoms with Gasteiger partial charge in [-0.3, -0.25) is 14.6 Å². The molecule has 0 atom stereocenters. The van der Waals surface area contributed by atoms with E-state index in [1.165, 1.54) is 6.07 Å². The second-order valence-electron chi connectivity index (χ2n) is 6.54. The molecule has 1 amide bonds. The van der Waals surface area contributed by atoms with E-state index in [1.807, 2.05) is 28.0 Å². The van der Waals surface area contributed by atoms with E-state index < -0.39 is 0 Å². The van der Waals surface area contributed by atoms with Crippen LogP contribution in [0.2, 0.25) is 0 Å². The number of anilines is 2. The number of aryl methyl sites for hydroxylation is 1. The molecule has 0 aliphatic carbocycles. The number of aromatic nitrogens is 2. The largest absolute Gasteiger partial charge is 0.454 e. The van der Waals surface area contributed by atoms with Gasteiger partial charge in [0.15, 0.2) is 11.5 Å². The number of aromatic amines is 1. The lowest BCUT2D eigenvalue weighted by molar-refractivity contribution is -0.131. The molecular weight excluding hydrogens is 350 g/mol. The molecule has 2 aliphatic heterocycles. The van der Waals surface area contributed by atoms with Crippen molar-refractivity contribution in [1.29, 1.82) is 0 Å². The van der Waals surface area contributed by atoms with Crippen LogP contribution in [0.3, 0.4) is 0 Å². The Balaban J connectivity index is 1.30. The van der Waals surface area contributed by atoms with Gasteiger partial charge in [-0.15, -0.1) is 0 Å². The van der Waals surface area contributed by atoms with Crippen LogP contribution < -0.4 is 25.7 Å². The summed E-state index contributed by atoms with van der Waals surface area (Å²) in [6.45, 7) is 2.66. The molecule has 9 nitrogen and oxygen atoms in total. The van der Waals surface area contributed by atoms with Crippen LogP contribution in [0.25, 0.3) is 0 Å². The number of nitrogens with two attached hydrogens (primary N) is 1. The molecule has 1 aromatic heterocycles. The van der Waals surface area contributed by atoms with E-state index in [0.29, 0.717) is 44.8 Å². The number of nitrogen functional groups attached to an aromatic ring is 1. The van der Waals surface area contributed by atoms with Gasteiger partial charge in [0, 0.05) is 38.7 Å². The maximum absolute atomic E-state index is 12.5. The van der Waals surface area contributed by atoms with Gasteiger partial charge < -0.3 is 25.0 Å². The van der Waals surface area contributed by atoms with Gasteiger partial charge in [-0.2, -0.15) is 4.98 Å². The molecule has 0 radical (unpaired) electrons. The van der Waals surface area contributed by atoms with Gasteiger partial charge in [0.1, 0.15) is 5.82 Å². The van der Waals surface area contributed by atoms with E-state index in [1.54, 1.807) is 0 Å². The second-order valence-corrected chi connectivity index (χ2v) is 6.54. The number of piperazine rings is 1. The summed E-state index contributed by atoms with van der Waals surface area (Å²) < 4.78 is 10.7. The second kappa shape index (κ2) is 7.18. The van der Waals surface area contributed by atoms with Crippen LogP contribution in [0.5, 0.6) is 11.5 Å². The first-order chi connectivity index (χ1) is 13.1. The van der Waals surface area contributed by atoms with Gasteiger partial charge in [0.2, 0.25) is 18.6 Å². The minimum absolute atomic E-state index is 0.0970. The Morgan fingerprint density at radius 3 is 2.70 bits per heavy atom. The maximum atomic E-state index is 12.5. The number of H-pyrrole nitrogens is 1. The lowest BCUT2D eigenvalue weighted by Crippen LogP contribution is -2.49. The molecule has 2 aliphatic rings. The lowest BCUT2D eigenvalue weighted by Gasteiger charge is -2.35. The number of rotatable bonds is 4. The number of fused-ring (bicyclic) bond motifs is 1. The quantitative estimate of drug-likeness (QED) is 0.798. The van der Waals surface area contributed by atoms with Gasteiger partial charge >= 0.3 is 0 Å². The number of hydrogen-bond acceptors (Lipinski definition) is 7. The maximum Gasteiger partial charge on any atom is 0.254 e. The zero-order chi connectivity index (χ0) is 18.8. The summed E-state index contributed by atoms with van der Waals surface area (Å²) in [5, 5.41) is 0. The van der Waals surface area contributed by atoms with Crippen LogP contribution in [-0.2, 0) is 11.2 Å². The summed E-state index contributed by atoms with van der Waals surface area (Å²) in [4.78, 5) is 34.4. The third-order valence-corrected chi connectivity index (χ3v) is 4.77. The highest BCUT2D eigenvalue weighted by molar-refractivity contribution is 5.76. The molecule has 9 heteroatoms. The number of benzene rings is 1. The molecule has 0 unspecified atom stereocenters. The summed E-state index contributed by atoms with van der Waals surface area (Å²) in [7, 11) is 0. The summed E-state index contributed by atoms with van der Waals surface area (Å²) in [5.41, 5.74) is 6.37. The van der Waals surface area contributed by atoms with Crippen molar-refractivity contribution < 1.29 is 14.3 Å². The molecule has 4 rings (SSSR count). The van der Waals surface area contributed by atoms with Gasteiger partial charge in [-0.25, -0.2) is 0 Å². The summed E-state index contributed by atoms with van der Waals surface area (Å²) >= 11 is 0. The first-order valence-electron chi connectivity index (χ1n) is 8.86. The predicted molar refractivity (Wildman–Crippen MR) is 98.9 cm³/mol. The Hall–Kier alpha value is -3.23. The Morgan fingerprint density at radius 2 is 1.93 bits per heavy atom. The van der Waals surface area contributed by atoms with E-state index in [9.17, 15) is 9.59 Å². The highest BCUT2D eigenvalue weighted by Crippen LogP contribution is 2.32. The van der Waals surface area contributed by atoms with Gasteiger partial charge in [0.25, 0.3) is 5.56 Å². The molecular formula is C18H21N5O4. The Morgan fingerprint density at radius 1 is 1.15 bits per heavy atom. The summed E-state index contributed by atoms with van der Waals surface area (Å²) in [6.07, 6.45) is 1.09. The monoisotopic (exact) mass is 371 g/mol. The highest BCUT2D eigenvalue weighted by atomic mass is 16.7. The smallest absolute Gasteiger partial charge is 0.254 e. The van der Waals surface area contributed by atoms with Crippen LogP contribution in [0.1, 0.15) is 12.0 Å². The fraction of sp³-hybridized carbons (Fsp3) is 0.389. The topological polar surface area (TPSA) is 114 Å². The first kappa shape index (κ1) is 17.2.